The minimum absolute atomic E-state index is 0.0176. The van der Waals surface area contributed by atoms with E-state index in [0.717, 1.165) is 9.95 Å². The van der Waals surface area contributed by atoms with Crippen LogP contribution < -0.4 is 5.32 Å². The molecule has 1 unspecified atom stereocenters. The molecule has 2 heterocycles. The average Bonchev–Trinajstić information content (AvgIpc) is 3.23. The molecule has 0 saturated heterocycles. The third-order valence-corrected chi connectivity index (χ3v) is 4.36. The monoisotopic (exact) mass is 370 g/mol. The quantitative estimate of drug-likeness (QED) is 0.576. The van der Waals surface area contributed by atoms with Gasteiger partial charge in [0.1, 0.15) is 11.5 Å². The van der Waals surface area contributed by atoms with Crippen LogP contribution >= 0.6 is 0 Å². The Hall–Kier alpha value is -3.29. The molecule has 138 valence electrons. The number of carbonyl (C=O) groups is 1. The third-order valence-electron chi connectivity index (χ3n) is 4.36. The van der Waals surface area contributed by atoms with Gasteiger partial charge in [-0.2, -0.15) is 8.78 Å². The molecule has 4 aromatic rings. The first-order valence-electron chi connectivity index (χ1n) is 8.42. The first kappa shape index (κ1) is 17.1. The molecule has 0 aliphatic rings. The largest absolute Gasteiger partial charge is 0.356 e. The fraction of sp³-hybridized carbons (Fsp3) is 0.211. The first-order chi connectivity index (χ1) is 13.0. The van der Waals surface area contributed by atoms with Gasteiger partial charge in [-0.3, -0.25) is 9.36 Å². The summed E-state index contributed by atoms with van der Waals surface area (Å²) in [5.41, 5.74) is 1.87. The van der Waals surface area contributed by atoms with Gasteiger partial charge in [-0.25, -0.2) is 4.98 Å². The van der Waals surface area contributed by atoms with Crippen molar-refractivity contribution in [2.45, 2.75) is 25.9 Å². The average molecular weight is 370 g/mol. The number of nitrogens with one attached hydrogen (secondary N) is 1. The summed E-state index contributed by atoms with van der Waals surface area (Å²) in [6, 6.07) is 13.2. The number of aromatic nitrogens is 3. The van der Waals surface area contributed by atoms with E-state index < -0.39 is 12.6 Å². The van der Waals surface area contributed by atoms with E-state index in [2.05, 4.69) is 15.5 Å². The van der Waals surface area contributed by atoms with Crippen LogP contribution in [-0.2, 0) is 11.2 Å². The van der Waals surface area contributed by atoms with Crippen LogP contribution in [0.5, 0.6) is 0 Å². The normalized spacial score (nSPS) is 12.7. The molecule has 0 radical (unpaired) electrons. The highest BCUT2D eigenvalue weighted by atomic mass is 19.3. The number of para-hydroxylation sites is 3. The Kier molecular flexibility index (Phi) is 4.31. The molecular weight excluding hydrogens is 354 g/mol. The van der Waals surface area contributed by atoms with Crippen LogP contribution in [0.1, 0.15) is 31.0 Å². The highest BCUT2D eigenvalue weighted by molar-refractivity contribution is 5.86. The zero-order valence-corrected chi connectivity index (χ0v) is 14.4. The summed E-state index contributed by atoms with van der Waals surface area (Å²) < 4.78 is 33.1. The standard InChI is InChI=1S/C19H16F2N4O2/c1-11(18-23-13-7-3-4-8-15(13)25(18)19(20)21)22-17(26)10-14-12-6-2-5-9-16(12)27-24-14/h2-9,11,19H,10H2,1H3,(H,22,26). The lowest BCUT2D eigenvalue weighted by molar-refractivity contribution is -0.121. The van der Waals surface area contributed by atoms with E-state index >= 15 is 0 Å². The van der Waals surface area contributed by atoms with E-state index in [9.17, 15) is 13.6 Å². The van der Waals surface area contributed by atoms with E-state index in [1.54, 1.807) is 37.3 Å². The van der Waals surface area contributed by atoms with Gasteiger partial charge in [-0.15, -0.1) is 0 Å². The Bertz CT molecular complexity index is 1120. The maximum absolute atomic E-state index is 13.6. The van der Waals surface area contributed by atoms with Crippen LogP contribution in [-0.4, -0.2) is 20.6 Å². The fourth-order valence-corrected chi connectivity index (χ4v) is 3.15. The molecule has 1 atom stereocenters. The topological polar surface area (TPSA) is 73.0 Å². The molecule has 0 aliphatic carbocycles. The van der Waals surface area contributed by atoms with Gasteiger partial charge in [-0.05, 0) is 31.2 Å². The predicted molar refractivity (Wildman–Crippen MR) is 95.3 cm³/mol. The smallest absolute Gasteiger partial charge is 0.320 e. The molecule has 0 spiro atoms. The van der Waals surface area contributed by atoms with Gasteiger partial charge in [0.2, 0.25) is 5.91 Å². The van der Waals surface area contributed by atoms with Crippen molar-refractivity contribution in [3.8, 4) is 0 Å². The number of carbonyl (C=O) groups excluding carboxylic acids is 1. The Morgan fingerprint density at radius 3 is 2.74 bits per heavy atom. The summed E-state index contributed by atoms with van der Waals surface area (Å²) in [6.45, 7) is -1.13. The second kappa shape index (κ2) is 6.79. The number of hydrogen-bond donors (Lipinski definition) is 1. The fourth-order valence-electron chi connectivity index (χ4n) is 3.15. The van der Waals surface area contributed by atoms with Crippen molar-refractivity contribution in [2.75, 3.05) is 0 Å². The number of hydrogen-bond acceptors (Lipinski definition) is 4. The summed E-state index contributed by atoms with van der Waals surface area (Å²) in [6.07, 6.45) is -0.0176. The number of nitrogens with zero attached hydrogens (tertiary/aromatic N) is 3. The lowest BCUT2D eigenvalue weighted by atomic mass is 10.1. The molecular formula is C19H16F2N4O2. The lowest BCUT2D eigenvalue weighted by Gasteiger charge is -2.15. The van der Waals surface area contributed by atoms with Crippen molar-refractivity contribution < 1.29 is 18.1 Å². The number of benzene rings is 2. The third kappa shape index (κ3) is 3.14. The van der Waals surface area contributed by atoms with Crippen LogP contribution in [0.3, 0.4) is 0 Å². The molecule has 0 saturated carbocycles. The molecule has 0 aliphatic heterocycles. The number of imidazole rings is 1. The van der Waals surface area contributed by atoms with E-state index in [0.29, 0.717) is 22.3 Å². The molecule has 2 aromatic carbocycles. The van der Waals surface area contributed by atoms with E-state index in [1.165, 1.54) is 0 Å². The minimum Gasteiger partial charge on any atom is -0.356 e. The van der Waals surface area contributed by atoms with Gasteiger partial charge in [-0.1, -0.05) is 29.4 Å². The van der Waals surface area contributed by atoms with Crippen LogP contribution in [0, 0.1) is 0 Å². The maximum atomic E-state index is 13.6. The second-order valence-electron chi connectivity index (χ2n) is 6.20. The molecule has 0 fully saturated rings. The van der Waals surface area contributed by atoms with Crippen molar-refractivity contribution >= 4 is 27.9 Å². The number of halogens is 2. The number of fused-ring (bicyclic) bond motifs is 2. The minimum atomic E-state index is -2.76. The van der Waals surface area contributed by atoms with Gasteiger partial charge < -0.3 is 9.84 Å². The van der Waals surface area contributed by atoms with Gasteiger partial charge in [0.15, 0.2) is 5.58 Å². The van der Waals surface area contributed by atoms with Gasteiger partial charge in [0, 0.05) is 5.39 Å². The molecule has 6 nitrogen and oxygen atoms in total. The number of rotatable bonds is 5. The lowest BCUT2D eigenvalue weighted by Crippen LogP contribution is -2.30. The first-order valence-corrected chi connectivity index (χ1v) is 8.42. The van der Waals surface area contributed by atoms with Gasteiger partial charge >= 0.3 is 6.55 Å². The summed E-state index contributed by atoms with van der Waals surface area (Å²) in [7, 11) is 0. The molecule has 0 bridgehead atoms. The van der Waals surface area contributed by atoms with E-state index in [1.807, 2.05) is 18.2 Å². The van der Waals surface area contributed by atoms with E-state index in [4.69, 9.17) is 4.52 Å². The van der Waals surface area contributed by atoms with Gasteiger partial charge in [0.05, 0.1) is 23.5 Å². The highest BCUT2D eigenvalue weighted by Crippen LogP contribution is 2.26. The van der Waals surface area contributed by atoms with Crippen molar-refractivity contribution in [3.05, 3.63) is 60.0 Å². The van der Waals surface area contributed by atoms with Crippen molar-refractivity contribution in [3.63, 3.8) is 0 Å². The highest BCUT2D eigenvalue weighted by Gasteiger charge is 2.23. The van der Waals surface area contributed by atoms with Crippen molar-refractivity contribution in [2.24, 2.45) is 0 Å². The molecule has 8 heteroatoms. The second-order valence-corrected chi connectivity index (χ2v) is 6.20. The summed E-state index contributed by atoms with van der Waals surface area (Å²) in [4.78, 5) is 16.7. The molecule has 2 aromatic heterocycles. The van der Waals surface area contributed by atoms with Crippen molar-refractivity contribution in [1.82, 2.24) is 20.0 Å². The number of amides is 1. The Morgan fingerprint density at radius 2 is 1.93 bits per heavy atom. The zero-order valence-electron chi connectivity index (χ0n) is 14.4. The Labute approximate surface area is 152 Å². The molecule has 1 N–H and O–H groups in total. The molecule has 4 rings (SSSR count). The SMILES string of the molecule is CC(NC(=O)Cc1noc2ccccc12)c1nc2ccccc2n1C(F)F. The van der Waals surface area contributed by atoms with Gasteiger partial charge in [0.25, 0.3) is 0 Å². The molecule has 27 heavy (non-hydrogen) atoms. The van der Waals surface area contributed by atoms with Crippen molar-refractivity contribution in [1.29, 1.82) is 0 Å². The van der Waals surface area contributed by atoms with Crippen LogP contribution in [0.15, 0.2) is 53.1 Å². The summed E-state index contributed by atoms with van der Waals surface area (Å²) in [5, 5.41) is 7.39. The Balaban J connectivity index is 1.57. The number of alkyl halides is 2. The Morgan fingerprint density at radius 1 is 1.19 bits per heavy atom. The zero-order chi connectivity index (χ0) is 19.0. The maximum Gasteiger partial charge on any atom is 0.320 e. The van der Waals surface area contributed by atoms with Crippen LogP contribution in [0.4, 0.5) is 8.78 Å². The molecule has 1 amide bonds. The van der Waals surface area contributed by atoms with Crippen LogP contribution in [0.25, 0.3) is 22.0 Å². The summed E-state index contributed by atoms with van der Waals surface area (Å²) >= 11 is 0. The van der Waals surface area contributed by atoms with Crippen LogP contribution in [0.2, 0.25) is 0 Å². The predicted octanol–water partition coefficient (Wildman–Crippen LogP) is 3.99. The van der Waals surface area contributed by atoms with E-state index in [-0.39, 0.29) is 18.2 Å². The summed E-state index contributed by atoms with van der Waals surface area (Å²) in [5.74, 6) is -0.251.